The molecule has 0 fully saturated rings. The summed E-state index contributed by atoms with van der Waals surface area (Å²) in [6, 6.07) is 13.8. The first-order chi connectivity index (χ1) is 11.7. The number of anilines is 1. The number of methoxy groups -OCH3 is 1. The topological polar surface area (TPSA) is 47.6 Å². The Morgan fingerprint density at radius 1 is 1.08 bits per heavy atom. The van der Waals surface area contributed by atoms with Gasteiger partial charge in [0.1, 0.15) is 5.75 Å². The first-order valence-electron chi connectivity index (χ1n) is 8.37. The van der Waals surface area contributed by atoms with Crippen LogP contribution in [0.1, 0.15) is 29.5 Å². The molecule has 1 N–H and O–H groups in total. The second-order valence-electron chi connectivity index (χ2n) is 6.11. The number of benzene rings is 2. The number of carbonyl (C=O) groups is 1. The van der Waals surface area contributed by atoms with Crippen molar-refractivity contribution in [1.29, 1.82) is 0 Å². The van der Waals surface area contributed by atoms with Crippen molar-refractivity contribution in [3.63, 3.8) is 0 Å². The van der Waals surface area contributed by atoms with Crippen LogP contribution in [0, 0.1) is 0 Å². The van der Waals surface area contributed by atoms with Crippen molar-refractivity contribution in [3.8, 4) is 5.75 Å². The van der Waals surface area contributed by atoms with Gasteiger partial charge < -0.3 is 14.8 Å². The lowest BCUT2D eigenvalue weighted by Gasteiger charge is -2.16. The van der Waals surface area contributed by atoms with Gasteiger partial charge in [-0.05, 0) is 66.6 Å². The molecule has 0 saturated heterocycles. The first-order valence-corrected chi connectivity index (χ1v) is 8.37. The Morgan fingerprint density at radius 2 is 1.92 bits per heavy atom. The Bertz CT molecular complexity index is 712. The third-order valence-corrected chi connectivity index (χ3v) is 4.21. The molecule has 24 heavy (non-hydrogen) atoms. The van der Waals surface area contributed by atoms with E-state index in [2.05, 4.69) is 17.4 Å². The molecule has 2 aromatic rings. The molecule has 1 aliphatic carbocycles. The average Bonchev–Trinajstić information content (AvgIpc) is 2.60. The lowest BCUT2D eigenvalue weighted by molar-refractivity contribution is -0.118. The quantitative estimate of drug-likeness (QED) is 0.880. The molecule has 0 aliphatic heterocycles. The van der Waals surface area contributed by atoms with Gasteiger partial charge in [-0.2, -0.15) is 0 Å². The van der Waals surface area contributed by atoms with Crippen LogP contribution in [0.15, 0.2) is 42.5 Å². The predicted molar refractivity (Wildman–Crippen MR) is 94.4 cm³/mol. The van der Waals surface area contributed by atoms with Crippen molar-refractivity contribution in [2.75, 3.05) is 19.0 Å². The highest BCUT2D eigenvalue weighted by molar-refractivity contribution is 5.91. The van der Waals surface area contributed by atoms with E-state index in [4.69, 9.17) is 9.47 Å². The van der Waals surface area contributed by atoms with Crippen LogP contribution in [0.5, 0.6) is 5.75 Å². The van der Waals surface area contributed by atoms with Crippen LogP contribution >= 0.6 is 0 Å². The average molecular weight is 325 g/mol. The molecule has 4 nitrogen and oxygen atoms in total. The molecule has 0 atom stereocenters. The smallest absolute Gasteiger partial charge is 0.262 e. The maximum atomic E-state index is 12.1. The van der Waals surface area contributed by atoms with Gasteiger partial charge in [-0.3, -0.25) is 4.79 Å². The molecular weight excluding hydrogens is 302 g/mol. The highest BCUT2D eigenvalue weighted by Crippen LogP contribution is 2.25. The Balaban J connectivity index is 1.55. The van der Waals surface area contributed by atoms with E-state index >= 15 is 0 Å². The molecule has 0 radical (unpaired) electrons. The molecule has 3 rings (SSSR count). The van der Waals surface area contributed by atoms with Crippen molar-refractivity contribution < 1.29 is 14.3 Å². The standard InChI is InChI=1S/C20H23NO3/c1-23-13-15-5-4-8-18(11-15)21-20(22)14-24-19-10-9-16-6-2-3-7-17(16)12-19/h4-5,8-12H,2-3,6-7,13-14H2,1H3,(H,21,22). The van der Waals surface area contributed by atoms with E-state index in [1.54, 1.807) is 7.11 Å². The van der Waals surface area contributed by atoms with Gasteiger partial charge in [0.25, 0.3) is 5.91 Å². The van der Waals surface area contributed by atoms with Crippen molar-refractivity contribution in [2.24, 2.45) is 0 Å². The molecule has 0 unspecified atom stereocenters. The second-order valence-corrected chi connectivity index (χ2v) is 6.11. The molecule has 126 valence electrons. The van der Waals surface area contributed by atoms with E-state index in [1.165, 1.54) is 24.0 Å². The highest BCUT2D eigenvalue weighted by Gasteiger charge is 2.11. The van der Waals surface area contributed by atoms with Crippen LogP contribution < -0.4 is 10.1 Å². The molecule has 0 bridgehead atoms. The molecule has 0 aromatic heterocycles. The van der Waals surface area contributed by atoms with Gasteiger partial charge in [0, 0.05) is 12.8 Å². The van der Waals surface area contributed by atoms with E-state index < -0.39 is 0 Å². The minimum Gasteiger partial charge on any atom is -0.484 e. The number of fused-ring (bicyclic) bond motifs is 1. The molecule has 4 heteroatoms. The van der Waals surface area contributed by atoms with Gasteiger partial charge >= 0.3 is 0 Å². The number of carbonyl (C=O) groups excluding carboxylic acids is 1. The zero-order valence-corrected chi connectivity index (χ0v) is 14.0. The summed E-state index contributed by atoms with van der Waals surface area (Å²) >= 11 is 0. The molecule has 2 aromatic carbocycles. The van der Waals surface area contributed by atoms with Crippen molar-refractivity contribution in [3.05, 3.63) is 59.2 Å². The minimum atomic E-state index is -0.165. The SMILES string of the molecule is COCc1cccc(NC(=O)COc2ccc3c(c2)CCCC3)c1. The third kappa shape index (κ3) is 4.36. The summed E-state index contributed by atoms with van der Waals surface area (Å²) in [5.41, 5.74) is 4.54. The number of ether oxygens (including phenoxy) is 2. The van der Waals surface area contributed by atoms with E-state index in [0.29, 0.717) is 6.61 Å². The largest absolute Gasteiger partial charge is 0.484 e. The third-order valence-electron chi connectivity index (χ3n) is 4.21. The Kier molecular flexibility index (Phi) is 5.49. The summed E-state index contributed by atoms with van der Waals surface area (Å²) in [7, 11) is 1.65. The predicted octanol–water partition coefficient (Wildman–Crippen LogP) is 3.73. The van der Waals surface area contributed by atoms with Crippen molar-refractivity contribution in [1.82, 2.24) is 0 Å². The van der Waals surface area contributed by atoms with E-state index in [-0.39, 0.29) is 12.5 Å². The number of nitrogens with one attached hydrogen (secondary N) is 1. The normalized spacial score (nSPS) is 13.2. The number of rotatable bonds is 6. The van der Waals surface area contributed by atoms with Gasteiger partial charge in [0.05, 0.1) is 6.61 Å². The van der Waals surface area contributed by atoms with Gasteiger partial charge in [0.15, 0.2) is 6.61 Å². The van der Waals surface area contributed by atoms with Gasteiger partial charge in [-0.15, -0.1) is 0 Å². The number of amides is 1. The van der Waals surface area contributed by atoms with Crippen molar-refractivity contribution >= 4 is 11.6 Å². The fourth-order valence-electron chi connectivity index (χ4n) is 3.05. The van der Waals surface area contributed by atoms with E-state index in [9.17, 15) is 4.79 Å². The van der Waals surface area contributed by atoms with Crippen LogP contribution in [-0.2, 0) is 29.0 Å². The van der Waals surface area contributed by atoms with Crippen LogP contribution in [0.2, 0.25) is 0 Å². The molecule has 0 saturated carbocycles. The maximum absolute atomic E-state index is 12.1. The Labute approximate surface area is 142 Å². The fourth-order valence-corrected chi connectivity index (χ4v) is 3.05. The molecule has 1 aliphatic rings. The zero-order valence-electron chi connectivity index (χ0n) is 14.0. The van der Waals surface area contributed by atoms with Crippen LogP contribution in [0.3, 0.4) is 0 Å². The Morgan fingerprint density at radius 3 is 2.75 bits per heavy atom. The lowest BCUT2D eigenvalue weighted by Crippen LogP contribution is -2.20. The molecule has 1 amide bonds. The van der Waals surface area contributed by atoms with Crippen molar-refractivity contribution in [2.45, 2.75) is 32.3 Å². The number of hydrogen-bond donors (Lipinski definition) is 1. The number of aryl methyl sites for hydroxylation is 2. The Hall–Kier alpha value is -2.33. The van der Waals surface area contributed by atoms with Gasteiger partial charge in [0.2, 0.25) is 0 Å². The maximum Gasteiger partial charge on any atom is 0.262 e. The molecule has 0 heterocycles. The van der Waals surface area contributed by atoms with Crippen LogP contribution in [-0.4, -0.2) is 19.6 Å². The number of hydrogen-bond acceptors (Lipinski definition) is 3. The summed E-state index contributed by atoms with van der Waals surface area (Å²) in [6.07, 6.45) is 4.74. The highest BCUT2D eigenvalue weighted by atomic mass is 16.5. The molecule has 0 spiro atoms. The van der Waals surface area contributed by atoms with Gasteiger partial charge in [-0.1, -0.05) is 18.2 Å². The first kappa shape index (κ1) is 16.5. The lowest BCUT2D eigenvalue weighted by atomic mass is 9.92. The molecular formula is C20H23NO3. The van der Waals surface area contributed by atoms with E-state index in [1.807, 2.05) is 30.3 Å². The summed E-state index contributed by atoms with van der Waals surface area (Å²) in [4.78, 5) is 12.1. The van der Waals surface area contributed by atoms with Crippen LogP contribution in [0.25, 0.3) is 0 Å². The fraction of sp³-hybridized carbons (Fsp3) is 0.350. The zero-order chi connectivity index (χ0) is 16.8. The van der Waals surface area contributed by atoms with E-state index in [0.717, 1.165) is 29.8 Å². The monoisotopic (exact) mass is 325 g/mol. The summed E-state index contributed by atoms with van der Waals surface area (Å²) < 4.78 is 10.7. The summed E-state index contributed by atoms with van der Waals surface area (Å²) in [5, 5.41) is 2.85. The summed E-state index contributed by atoms with van der Waals surface area (Å²) in [5.74, 6) is 0.598. The summed E-state index contributed by atoms with van der Waals surface area (Å²) in [6.45, 7) is 0.530. The minimum absolute atomic E-state index is 0.00723. The van der Waals surface area contributed by atoms with Gasteiger partial charge in [-0.25, -0.2) is 0 Å². The second kappa shape index (κ2) is 7.97. The van der Waals surface area contributed by atoms with Crippen LogP contribution in [0.4, 0.5) is 5.69 Å².